The van der Waals surface area contributed by atoms with Crippen molar-refractivity contribution in [2.24, 2.45) is 11.8 Å². The molecule has 3 unspecified atom stereocenters. The fourth-order valence-corrected chi connectivity index (χ4v) is 5.59. The summed E-state index contributed by atoms with van der Waals surface area (Å²) in [6.45, 7) is 0.868. The molecule has 19 heavy (non-hydrogen) atoms. The summed E-state index contributed by atoms with van der Waals surface area (Å²) in [5, 5.41) is 10.6. The number of thioether (sulfide) groups is 1. The molecule has 0 aromatic heterocycles. The van der Waals surface area contributed by atoms with E-state index in [1.54, 1.807) is 0 Å². The van der Waals surface area contributed by atoms with Gasteiger partial charge < -0.3 is 9.84 Å². The predicted molar refractivity (Wildman–Crippen MR) is 80.5 cm³/mol. The average molecular weight is 284 g/mol. The van der Waals surface area contributed by atoms with Crippen molar-refractivity contribution in [1.29, 1.82) is 0 Å². The molecule has 2 nitrogen and oxygen atoms in total. The molecular formula is C16H28O2S. The van der Waals surface area contributed by atoms with Gasteiger partial charge >= 0.3 is 0 Å². The molecule has 1 spiro atoms. The maximum Gasteiger partial charge on any atom is 0.0783 e. The smallest absolute Gasteiger partial charge is 0.0783 e. The average Bonchev–Trinajstić information content (AvgIpc) is 2.88. The Bertz CT molecular complexity index is 282. The van der Waals surface area contributed by atoms with E-state index in [1.807, 2.05) is 11.8 Å². The fraction of sp³-hybridized carbons (Fsp3) is 1.00. The van der Waals surface area contributed by atoms with Crippen LogP contribution in [0.15, 0.2) is 0 Å². The standard InChI is InChI=1S/C16H28O2S/c17-15(10-13-4-2-1-3-5-13)14-6-8-18-16(11-14)7-9-19-12-16/h13-15,17H,1-12H2. The molecule has 3 aliphatic rings. The Labute approximate surface area is 121 Å². The Morgan fingerprint density at radius 2 is 2.05 bits per heavy atom. The van der Waals surface area contributed by atoms with Crippen LogP contribution in [0.5, 0.6) is 0 Å². The van der Waals surface area contributed by atoms with Gasteiger partial charge in [-0.1, -0.05) is 32.1 Å². The number of aliphatic hydroxyl groups is 1. The normalized spacial score (nSPS) is 38.7. The Kier molecular flexibility index (Phi) is 4.76. The second-order valence-electron chi connectivity index (χ2n) is 6.89. The van der Waals surface area contributed by atoms with Gasteiger partial charge in [-0.15, -0.1) is 0 Å². The molecule has 2 aliphatic heterocycles. The van der Waals surface area contributed by atoms with Crippen LogP contribution in [0.3, 0.4) is 0 Å². The Balaban J connectivity index is 1.52. The van der Waals surface area contributed by atoms with Crippen LogP contribution in [0.25, 0.3) is 0 Å². The summed E-state index contributed by atoms with van der Waals surface area (Å²) >= 11 is 2.02. The molecule has 0 radical (unpaired) electrons. The number of ether oxygens (including phenoxy) is 1. The van der Waals surface area contributed by atoms with Crippen molar-refractivity contribution in [2.45, 2.75) is 69.5 Å². The van der Waals surface area contributed by atoms with Crippen LogP contribution in [-0.2, 0) is 4.74 Å². The first kappa shape index (κ1) is 14.2. The molecule has 2 heterocycles. The molecule has 2 saturated heterocycles. The quantitative estimate of drug-likeness (QED) is 0.858. The fourth-order valence-electron chi connectivity index (χ4n) is 4.21. The van der Waals surface area contributed by atoms with Gasteiger partial charge in [-0.3, -0.25) is 0 Å². The third kappa shape index (κ3) is 3.48. The zero-order valence-electron chi connectivity index (χ0n) is 12.0. The van der Waals surface area contributed by atoms with Crippen LogP contribution in [0.4, 0.5) is 0 Å². The van der Waals surface area contributed by atoms with Crippen LogP contribution >= 0.6 is 11.8 Å². The van der Waals surface area contributed by atoms with Crippen LogP contribution in [-0.4, -0.2) is 34.9 Å². The lowest BCUT2D eigenvalue weighted by Gasteiger charge is -2.40. The first-order chi connectivity index (χ1) is 9.27. The third-order valence-corrected chi connectivity index (χ3v) is 6.66. The second kappa shape index (κ2) is 6.36. The van der Waals surface area contributed by atoms with Crippen molar-refractivity contribution in [3.8, 4) is 0 Å². The SMILES string of the molecule is OC(CC1CCCCC1)C1CCOC2(CCSC2)C1. The molecule has 0 aromatic carbocycles. The number of aliphatic hydroxyl groups excluding tert-OH is 1. The molecule has 0 bridgehead atoms. The Morgan fingerprint density at radius 3 is 2.79 bits per heavy atom. The van der Waals surface area contributed by atoms with E-state index in [1.165, 1.54) is 44.3 Å². The lowest BCUT2D eigenvalue weighted by atomic mass is 9.77. The largest absolute Gasteiger partial charge is 0.393 e. The van der Waals surface area contributed by atoms with Gasteiger partial charge in [-0.05, 0) is 43.3 Å². The van der Waals surface area contributed by atoms with Gasteiger partial charge in [-0.2, -0.15) is 11.8 Å². The summed E-state index contributed by atoms with van der Waals surface area (Å²) < 4.78 is 6.06. The van der Waals surface area contributed by atoms with E-state index >= 15 is 0 Å². The van der Waals surface area contributed by atoms with Crippen LogP contribution in [0.2, 0.25) is 0 Å². The maximum atomic E-state index is 10.6. The van der Waals surface area contributed by atoms with Gasteiger partial charge in [0.2, 0.25) is 0 Å². The van der Waals surface area contributed by atoms with Crippen LogP contribution in [0, 0.1) is 11.8 Å². The number of hydrogen-bond acceptors (Lipinski definition) is 3. The zero-order chi connectivity index (χ0) is 13.1. The molecule has 3 rings (SSSR count). The lowest BCUT2D eigenvalue weighted by molar-refractivity contribution is -0.104. The molecule has 110 valence electrons. The lowest BCUT2D eigenvalue weighted by Crippen LogP contribution is -2.43. The van der Waals surface area contributed by atoms with Gasteiger partial charge in [0.1, 0.15) is 0 Å². The van der Waals surface area contributed by atoms with E-state index in [-0.39, 0.29) is 11.7 Å². The number of hydrogen-bond donors (Lipinski definition) is 1. The maximum absolute atomic E-state index is 10.6. The van der Waals surface area contributed by atoms with Crippen molar-refractivity contribution in [3.05, 3.63) is 0 Å². The molecule has 3 fully saturated rings. The van der Waals surface area contributed by atoms with Crippen LogP contribution in [0.1, 0.15) is 57.8 Å². The summed E-state index contributed by atoms with van der Waals surface area (Å²) in [5.74, 6) is 3.68. The third-order valence-electron chi connectivity index (χ3n) is 5.44. The van der Waals surface area contributed by atoms with Crippen molar-refractivity contribution in [2.75, 3.05) is 18.1 Å². The minimum absolute atomic E-state index is 0.0746. The summed E-state index contributed by atoms with van der Waals surface area (Å²) in [6.07, 6.45) is 11.2. The van der Waals surface area contributed by atoms with E-state index in [4.69, 9.17) is 4.74 Å². The summed E-state index contributed by atoms with van der Waals surface area (Å²) in [7, 11) is 0. The van der Waals surface area contributed by atoms with Crippen molar-refractivity contribution in [1.82, 2.24) is 0 Å². The molecule has 0 amide bonds. The molecule has 1 saturated carbocycles. The van der Waals surface area contributed by atoms with Gasteiger partial charge in [0, 0.05) is 12.4 Å². The highest BCUT2D eigenvalue weighted by Gasteiger charge is 2.42. The van der Waals surface area contributed by atoms with Crippen molar-refractivity contribution < 1.29 is 9.84 Å². The highest BCUT2D eigenvalue weighted by atomic mass is 32.2. The zero-order valence-corrected chi connectivity index (χ0v) is 12.8. The summed E-state index contributed by atoms with van der Waals surface area (Å²) in [4.78, 5) is 0. The highest BCUT2D eigenvalue weighted by molar-refractivity contribution is 7.99. The van der Waals surface area contributed by atoms with Gasteiger partial charge in [-0.25, -0.2) is 0 Å². The van der Waals surface area contributed by atoms with Crippen molar-refractivity contribution >= 4 is 11.8 Å². The second-order valence-corrected chi connectivity index (χ2v) is 8.00. The van der Waals surface area contributed by atoms with E-state index < -0.39 is 0 Å². The van der Waals surface area contributed by atoms with Gasteiger partial charge in [0.05, 0.1) is 11.7 Å². The molecule has 3 heteroatoms. The molecular weight excluding hydrogens is 256 g/mol. The minimum atomic E-state index is -0.0746. The van der Waals surface area contributed by atoms with Crippen LogP contribution < -0.4 is 0 Å². The molecule has 1 aliphatic carbocycles. The Hall–Kier alpha value is 0.270. The molecule has 1 N–H and O–H groups in total. The first-order valence-corrected chi connectivity index (χ1v) is 9.33. The predicted octanol–water partition coefficient (Wildman–Crippen LogP) is 3.62. The Morgan fingerprint density at radius 1 is 1.21 bits per heavy atom. The minimum Gasteiger partial charge on any atom is -0.393 e. The molecule has 3 atom stereocenters. The van der Waals surface area contributed by atoms with Gasteiger partial charge in [0.15, 0.2) is 0 Å². The van der Waals surface area contributed by atoms with E-state index in [2.05, 4.69) is 0 Å². The summed E-state index contributed by atoms with van der Waals surface area (Å²) in [5.41, 5.74) is 0.126. The molecule has 0 aromatic rings. The highest BCUT2D eigenvalue weighted by Crippen LogP contribution is 2.42. The van der Waals surface area contributed by atoms with Crippen molar-refractivity contribution in [3.63, 3.8) is 0 Å². The van der Waals surface area contributed by atoms with Gasteiger partial charge in [0.25, 0.3) is 0 Å². The topological polar surface area (TPSA) is 29.5 Å². The number of rotatable bonds is 3. The van der Waals surface area contributed by atoms with E-state index in [0.717, 1.165) is 37.5 Å². The van der Waals surface area contributed by atoms with E-state index in [9.17, 15) is 5.11 Å². The van der Waals surface area contributed by atoms with E-state index in [0.29, 0.717) is 5.92 Å². The monoisotopic (exact) mass is 284 g/mol. The first-order valence-electron chi connectivity index (χ1n) is 8.17. The summed E-state index contributed by atoms with van der Waals surface area (Å²) in [6, 6.07) is 0.